The Labute approximate surface area is 206 Å². The van der Waals surface area contributed by atoms with Gasteiger partial charge in [0.15, 0.2) is 0 Å². The SMILES string of the molecule is C=C1CCC(N2Cc3c(ccc(C[C@H]4OCCC[C@@H]4N[C@H]4CC[C@@H](OC)CC4)c3F)C2=O)C(=O)N1. The number of hydrogen-bond acceptors (Lipinski definition) is 5. The van der Waals surface area contributed by atoms with Crippen LogP contribution < -0.4 is 10.6 Å². The lowest BCUT2D eigenvalue weighted by atomic mass is 9.89. The third kappa shape index (κ3) is 5.01. The lowest BCUT2D eigenvalue weighted by molar-refractivity contribution is -0.126. The van der Waals surface area contributed by atoms with Gasteiger partial charge in [-0.15, -0.1) is 0 Å². The number of ether oxygens (including phenoxy) is 2. The number of allylic oxidation sites excluding steroid dienone is 1. The number of rotatable bonds is 6. The van der Waals surface area contributed by atoms with Crippen molar-refractivity contribution in [3.63, 3.8) is 0 Å². The van der Waals surface area contributed by atoms with Crippen molar-refractivity contribution < 1.29 is 23.5 Å². The number of carbonyl (C=O) groups excluding carboxylic acids is 2. The monoisotopic (exact) mass is 485 g/mol. The Morgan fingerprint density at radius 1 is 1.20 bits per heavy atom. The fourth-order valence-electron chi connectivity index (χ4n) is 6.11. The summed E-state index contributed by atoms with van der Waals surface area (Å²) in [6, 6.07) is 3.46. The molecule has 1 saturated carbocycles. The average molecular weight is 486 g/mol. The Kier molecular flexibility index (Phi) is 7.23. The van der Waals surface area contributed by atoms with E-state index in [1.165, 1.54) is 4.90 Å². The number of piperidine rings is 1. The van der Waals surface area contributed by atoms with Gasteiger partial charge in [-0.05, 0) is 63.0 Å². The van der Waals surface area contributed by atoms with Gasteiger partial charge in [0.1, 0.15) is 11.9 Å². The molecule has 35 heavy (non-hydrogen) atoms. The molecule has 8 heteroatoms. The summed E-state index contributed by atoms with van der Waals surface area (Å²) in [6.45, 7) is 4.60. The number of nitrogens with one attached hydrogen (secondary N) is 2. The van der Waals surface area contributed by atoms with Crippen LogP contribution in [0, 0.1) is 5.82 Å². The Bertz CT molecular complexity index is 991. The molecular formula is C27H36FN3O4. The molecule has 3 atom stereocenters. The zero-order valence-corrected chi connectivity index (χ0v) is 20.5. The number of halogens is 1. The average Bonchev–Trinajstić information content (AvgIpc) is 3.19. The highest BCUT2D eigenvalue weighted by Crippen LogP contribution is 2.33. The highest BCUT2D eigenvalue weighted by molar-refractivity contribution is 6.01. The van der Waals surface area contributed by atoms with Crippen LogP contribution in [0.15, 0.2) is 24.4 Å². The largest absolute Gasteiger partial charge is 0.381 e. The third-order valence-electron chi connectivity index (χ3n) is 8.16. The molecule has 190 valence electrons. The van der Waals surface area contributed by atoms with Crippen molar-refractivity contribution in [2.45, 2.75) is 94.7 Å². The van der Waals surface area contributed by atoms with Crippen molar-refractivity contribution in [3.05, 3.63) is 46.9 Å². The van der Waals surface area contributed by atoms with Crippen molar-refractivity contribution in [1.82, 2.24) is 15.5 Å². The van der Waals surface area contributed by atoms with Crippen LogP contribution in [0.2, 0.25) is 0 Å². The molecule has 5 rings (SSSR count). The van der Waals surface area contributed by atoms with E-state index < -0.39 is 6.04 Å². The third-order valence-corrected chi connectivity index (χ3v) is 8.16. The molecule has 3 fully saturated rings. The van der Waals surface area contributed by atoms with Gasteiger partial charge in [0, 0.05) is 49.0 Å². The molecule has 0 radical (unpaired) electrons. The second-order valence-electron chi connectivity index (χ2n) is 10.4. The minimum Gasteiger partial charge on any atom is -0.381 e. The van der Waals surface area contributed by atoms with Crippen molar-refractivity contribution in [1.29, 1.82) is 0 Å². The van der Waals surface area contributed by atoms with E-state index >= 15 is 4.39 Å². The molecule has 0 bridgehead atoms. The number of carbonyl (C=O) groups is 2. The number of amides is 2. The molecule has 0 aromatic heterocycles. The molecule has 1 aliphatic carbocycles. The highest BCUT2D eigenvalue weighted by atomic mass is 19.1. The van der Waals surface area contributed by atoms with Crippen molar-refractivity contribution in [2.24, 2.45) is 0 Å². The van der Waals surface area contributed by atoms with Crippen LogP contribution in [0.25, 0.3) is 0 Å². The predicted molar refractivity (Wildman–Crippen MR) is 129 cm³/mol. The first-order valence-corrected chi connectivity index (χ1v) is 12.9. The molecule has 1 aromatic rings. The van der Waals surface area contributed by atoms with E-state index in [4.69, 9.17) is 9.47 Å². The van der Waals surface area contributed by atoms with Gasteiger partial charge in [-0.3, -0.25) is 9.59 Å². The van der Waals surface area contributed by atoms with E-state index in [0.29, 0.717) is 60.4 Å². The van der Waals surface area contributed by atoms with Gasteiger partial charge in [0.2, 0.25) is 5.91 Å². The van der Waals surface area contributed by atoms with E-state index in [2.05, 4.69) is 17.2 Å². The van der Waals surface area contributed by atoms with Gasteiger partial charge in [-0.1, -0.05) is 12.6 Å². The normalized spacial score (nSPS) is 31.4. The van der Waals surface area contributed by atoms with Gasteiger partial charge in [0.05, 0.1) is 18.8 Å². The number of hydrogen-bond donors (Lipinski definition) is 2. The molecular weight excluding hydrogens is 449 g/mol. The van der Waals surface area contributed by atoms with Crippen LogP contribution in [0.5, 0.6) is 0 Å². The molecule has 2 N–H and O–H groups in total. The molecule has 1 aromatic carbocycles. The summed E-state index contributed by atoms with van der Waals surface area (Å²) in [7, 11) is 1.78. The topological polar surface area (TPSA) is 79.9 Å². The van der Waals surface area contributed by atoms with Gasteiger partial charge in [-0.2, -0.15) is 0 Å². The molecule has 1 unspecified atom stereocenters. The summed E-state index contributed by atoms with van der Waals surface area (Å²) < 4.78 is 27.3. The minimum atomic E-state index is -0.591. The molecule has 4 aliphatic rings. The van der Waals surface area contributed by atoms with Crippen molar-refractivity contribution in [3.8, 4) is 0 Å². The zero-order chi connectivity index (χ0) is 24.5. The first-order chi connectivity index (χ1) is 16.9. The maximum Gasteiger partial charge on any atom is 0.255 e. The summed E-state index contributed by atoms with van der Waals surface area (Å²) in [5.74, 6) is -0.863. The van der Waals surface area contributed by atoms with Crippen LogP contribution >= 0.6 is 0 Å². The van der Waals surface area contributed by atoms with E-state index in [-0.39, 0.29) is 36.3 Å². The Hall–Kier alpha value is -2.29. The first-order valence-electron chi connectivity index (χ1n) is 12.9. The number of fused-ring (bicyclic) bond motifs is 1. The Morgan fingerprint density at radius 3 is 2.74 bits per heavy atom. The van der Waals surface area contributed by atoms with Crippen LogP contribution in [-0.4, -0.2) is 60.8 Å². The maximum atomic E-state index is 15.7. The van der Waals surface area contributed by atoms with E-state index in [1.54, 1.807) is 19.2 Å². The minimum absolute atomic E-state index is 0.111. The fraction of sp³-hybridized carbons (Fsp3) is 0.630. The van der Waals surface area contributed by atoms with Crippen molar-refractivity contribution in [2.75, 3.05) is 13.7 Å². The molecule has 2 amide bonds. The predicted octanol–water partition coefficient (Wildman–Crippen LogP) is 3.21. The van der Waals surface area contributed by atoms with Crippen LogP contribution in [0.4, 0.5) is 4.39 Å². The summed E-state index contributed by atoms with van der Waals surface area (Å²) in [5.41, 5.74) is 1.98. The van der Waals surface area contributed by atoms with Gasteiger partial charge in [0.25, 0.3) is 5.91 Å². The summed E-state index contributed by atoms with van der Waals surface area (Å²) in [4.78, 5) is 27.0. The number of methoxy groups -OCH3 is 1. The molecule has 3 heterocycles. The maximum absolute atomic E-state index is 15.7. The van der Waals surface area contributed by atoms with E-state index in [0.717, 1.165) is 38.5 Å². The molecule has 0 spiro atoms. The zero-order valence-electron chi connectivity index (χ0n) is 20.5. The lowest BCUT2D eigenvalue weighted by Crippen LogP contribution is -2.50. The second-order valence-corrected chi connectivity index (χ2v) is 10.4. The summed E-state index contributed by atoms with van der Waals surface area (Å²) in [6.07, 6.45) is 8.11. The van der Waals surface area contributed by atoms with E-state index in [1.807, 2.05) is 0 Å². The van der Waals surface area contributed by atoms with Crippen molar-refractivity contribution >= 4 is 11.8 Å². The van der Waals surface area contributed by atoms with Crippen LogP contribution in [-0.2, 0) is 27.2 Å². The molecule has 3 aliphatic heterocycles. The molecule has 2 saturated heterocycles. The summed E-state index contributed by atoms with van der Waals surface area (Å²) in [5, 5.41) is 6.52. The second kappa shape index (κ2) is 10.4. The Balaban J connectivity index is 1.27. The summed E-state index contributed by atoms with van der Waals surface area (Å²) >= 11 is 0. The van der Waals surface area contributed by atoms with Crippen LogP contribution in [0.3, 0.4) is 0 Å². The van der Waals surface area contributed by atoms with Gasteiger partial charge < -0.3 is 25.0 Å². The van der Waals surface area contributed by atoms with Gasteiger partial charge in [-0.25, -0.2) is 4.39 Å². The standard InChI is InChI=1S/C27H36FN3O4/c1-16-5-12-23(26(32)29-16)31-15-21-20(27(31)33)11-6-17(25(21)28)14-24-22(4-3-13-35-24)30-18-7-9-19(34-2)10-8-18/h6,11,18-19,22-24,30H,1,3-5,7-10,12-15H2,2H3,(H,29,32)/t18-,19+,22-,23?,24+/m0/s1. The van der Waals surface area contributed by atoms with Crippen LogP contribution in [0.1, 0.15) is 72.9 Å². The smallest absolute Gasteiger partial charge is 0.255 e. The highest BCUT2D eigenvalue weighted by Gasteiger charge is 2.40. The first kappa shape index (κ1) is 24.4. The van der Waals surface area contributed by atoms with E-state index in [9.17, 15) is 9.59 Å². The lowest BCUT2D eigenvalue weighted by Gasteiger charge is -2.37. The number of nitrogens with zero attached hydrogens (tertiary/aromatic N) is 1. The Morgan fingerprint density at radius 2 is 2.00 bits per heavy atom. The molecule has 7 nitrogen and oxygen atoms in total. The fourth-order valence-corrected chi connectivity index (χ4v) is 6.11. The number of benzene rings is 1. The quantitative estimate of drug-likeness (QED) is 0.647. The van der Waals surface area contributed by atoms with Gasteiger partial charge >= 0.3 is 0 Å².